The topological polar surface area (TPSA) is 72.0 Å². The van der Waals surface area contributed by atoms with Crippen molar-refractivity contribution in [2.75, 3.05) is 4.72 Å². The van der Waals surface area contributed by atoms with E-state index in [1.54, 1.807) is 19.1 Å². The highest BCUT2D eigenvalue weighted by molar-refractivity contribution is 7.92. The van der Waals surface area contributed by atoms with Gasteiger partial charge in [0, 0.05) is 18.1 Å². The van der Waals surface area contributed by atoms with Gasteiger partial charge < -0.3 is 0 Å². The van der Waals surface area contributed by atoms with Crippen molar-refractivity contribution in [3.63, 3.8) is 0 Å². The second-order valence-electron chi connectivity index (χ2n) is 3.58. The fourth-order valence-electron chi connectivity index (χ4n) is 1.39. The number of halogens is 1. The third kappa shape index (κ3) is 2.77. The lowest BCUT2D eigenvalue weighted by molar-refractivity contribution is 0.601. The lowest BCUT2D eigenvalue weighted by Crippen LogP contribution is -2.14. The van der Waals surface area contributed by atoms with Gasteiger partial charge in [-0.05, 0) is 31.2 Å². The Hall–Kier alpha value is -1.66. The minimum absolute atomic E-state index is 0.0545. The van der Waals surface area contributed by atoms with Crippen LogP contribution in [-0.2, 0) is 10.0 Å². The van der Waals surface area contributed by atoms with E-state index in [4.69, 9.17) is 11.6 Å². The molecule has 0 spiro atoms. The molecule has 2 aromatic rings. The molecule has 18 heavy (non-hydrogen) atoms. The van der Waals surface area contributed by atoms with Gasteiger partial charge in [-0.25, -0.2) is 13.4 Å². The molecule has 7 heteroatoms. The molecule has 0 fully saturated rings. The monoisotopic (exact) mass is 283 g/mol. The van der Waals surface area contributed by atoms with E-state index in [1.807, 2.05) is 0 Å². The Morgan fingerprint density at radius 3 is 2.67 bits per heavy atom. The van der Waals surface area contributed by atoms with E-state index in [-0.39, 0.29) is 10.0 Å². The molecule has 0 radical (unpaired) electrons. The maximum absolute atomic E-state index is 12.1. The van der Waals surface area contributed by atoms with Crippen LogP contribution in [0, 0.1) is 6.92 Å². The second-order valence-corrected chi connectivity index (χ2v) is 5.59. The van der Waals surface area contributed by atoms with E-state index in [1.165, 1.54) is 24.5 Å². The van der Waals surface area contributed by atoms with Crippen molar-refractivity contribution in [2.24, 2.45) is 0 Å². The lowest BCUT2D eigenvalue weighted by atomic mass is 10.3. The summed E-state index contributed by atoms with van der Waals surface area (Å²) in [7, 11) is -3.73. The second kappa shape index (κ2) is 4.91. The summed E-state index contributed by atoms with van der Waals surface area (Å²) in [5.41, 5.74) is 1.15. The fourth-order valence-corrected chi connectivity index (χ4v) is 2.89. The average molecular weight is 284 g/mol. The van der Waals surface area contributed by atoms with Crippen molar-refractivity contribution in [2.45, 2.75) is 11.8 Å². The molecule has 0 saturated heterocycles. The first-order valence-corrected chi connectivity index (χ1v) is 6.91. The van der Waals surface area contributed by atoms with Gasteiger partial charge in [-0.15, -0.1) is 0 Å². The van der Waals surface area contributed by atoms with Gasteiger partial charge in [0.25, 0.3) is 10.0 Å². The summed E-state index contributed by atoms with van der Waals surface area (Å²) in [6.07, 6.45) is 2.95. The summed E-state index contributed by atoms with van der Waals surface area (Å²) < 4.78 is 26.6. The SMILES string of the molecule is Cc1cc(NS(=O)(=O)c2cccnc2Cl)ccn1. The van der Waals surface area contributed by atoms with Gasteiger partial charge in [0.1, 0.15) is 10.0 Å². The molecule has 0 unspecified atom stereocenters. The predicted molar refractivity (Wildman–Crippen MR) is 69.0 cm³/mol. The molecule has 0 amide bonds. The van der Waals surface area contributed by atoms with Crippen molar-refractivity contribution in [1.82, 2.24) is 9.97 Å². The largest absolute Gasteiger partial charge is 0.279 e. The first kappa shape index (κ1) is 12.8. The van der Waals surface area contributed by atoms with Crippen LogP contribution >= 0.6 is 11.6 Å². The van der Waals surface area contributed by atoms with Crippen LogP contribution in [0.15, 0.2) is 41.6 Å². The van der Waals surface area contributed by atoms with Crippen LogP contribution in [0.2, 0.25) is 5.15 Å². The number of pyridine rings is 2. The smallest absolute Gasteiger partial charge is 0.264 e. The van der Waals surface area contributed by atoms with Gasteiger partial charge in [-0.3, -0.25) is 9.71 Å². The Morgan fingerprint density at radius 2 is 2.00 bits per heavy atom. The molecule has 2 heterocycles. The standard InChI is InChI=1S/C11H10ClN3O2S/c1-8-7-9(4-6-13-8)15-18(16,17)10-3-2-5-14-11(10)12/h2-7H,1H3,(H,13,15). The summed E-state index contributed by atoms with van der Waals surface area (Å²) in [6, 6.07) is 6.10. The number of nitrogens with one attached hydrogen (secondary N) is 1. The Balaban J connectivity index is 2.37. The molecule has 2 aromatic heterocycles. The molecule has 5 nitrogen and oxygen atoms in total. The van der Waals surface area contributed by atoms with Crippen LogP contribution in [-0.4, -0.2) is 18.4 Å². The van der Waals surface area contributed by atoms with Gasteiger partial charge >= 0.3 is 0 Å². The van der Waals surface area contributed by atoms with E-state index in [0.29, 0.717) is 11.4 Å². The molecule has 0 saturated carbocycles. The number of hydrogen-bond acceptors (Lipinski definition) is 4. The molecule has 1 N–H and O–H groups in total. The zero-order chi connectivity index (χ0) is 13.2. The van der Waals surface area contributed by atoms with Crippen LogP contribution in [0.25, 0.3) is 0 Å². The molecule has 0 aliphatic heterocycles. The Morgan fingerprint density at radius 1 is 1.22 bits per heavy atom. The highest BCUT2D eigenvalue weighted by Gasteiger charge is 2.18. The van der Waals surface area contributed by atoms with E-state index < -0.39 is 10.0 Å². The van der Waals surface area contributed by atoms with Gasteiger partial charge in [0.15, 0.2) is 0 Å². The van der Waals surface area contributed by atoms with Crippen molar-refractivity contribution < 1.29 is 8.42 Å². The summed E-state index contributed by atoms with van der Waals surface area (Å²) in [4.78, 5) is 7.67. The van der Waals surface area contributed by atoms with Crippen LogP contribution in [0.5, 0.6) is 0 Å². The molecule has 0 aromatic carbocycles. The number of aryl methyl sites for hydroxylation is 1. The van der Waals surface area contributed by atoms with Crippen LogP contribution < -0.4 is 4.72 Å². The Bertz CT molecular complexity index is 673. The molecular weight excluding hydrogens is 274 g/mol. The predicted octanol–water partition coefficient (Wildman–Crippen LogP) is 2.24. The van der Waals surface area contributed by atoms with E-state index in [0.717, 1.165) is 0 Å². The third-order valence-corrected chi connectivity index (χ3v) is 3.99. The molecule has 0 atom stereocenters. The summed E-state index contributed by atoms with van der Waals surface area (Å²) in [5.74, 6) is 0. The van der Waals surface area contributed by atoms with Crippen molar-refractivity contribution in [1.29, 1.82) is 0 Å². The Kier molecular flexibility index (Phi) is 3.49. The van der Waals surface area contributed by atoms with Crippen molar-refractivity contribution in [3.05, 3.63) is 47.5 Å². The zero-order valence-corrected chi connectivity index (χ0v) is 11.0. The maximum atomic E-state index is 12.1. The van der Waals surface area contributed by atoms with Crippen LogP contribution in [0.1, 0.15) is 5.69 Å². The number of nitrogens with zero attached hydrogens (tertiary/aromatic N) is 2. The minimum atomic E-state index is -3.73. The van der Waals surface area contributed by atoms with E-state index in [2.05, 4.69) is 14.7 Å². The number of rotatable bonds is 3. The molecule has 0 aliphatic carbocycles. The first-order valence-electron chi connectivity index (χ1n) is 5.05. The maximum Gasteiger partial charge on any atom is 0.264 e. The Labute approximate surface area is 110 Å². The average Bonchev–Trinajstić information content (AvgIpc) is 2.28. The number of aromatic nitrogens is 2. The number of hydrogen-bond donors (Lipinski definition) is 1. The molecular formula is C11H10ClN3O2S. The summed E-state index contributed by atoms with van der Waals surface area (Å²) in [6.45, 7) is 1.77. The van der Waals surface area contributed by atoms with Gasteiger partial charge in [0.2, 0.25) is 0 Å². The van der Waals surface area contributed by atoms with Gasteiger partial charge in [0.05, 0.1) is 5.69 Å². The zero-order valence-electron chi connectivity index (χ0n) is 9.46. The molecule has 0 bridgehead atoms. The quantitative estimate of drug-likeness (QED) is 0.877. The van der Waals surface area contributed by atoms with Gasteiger partial charge in [-0.1, -0.05) is 11.6 Å². The summed E-state index contributed by atoms with van der Waals surface area (Å²) in [5, 5.41) is -0.0595. The third-order valence-electron chi connectivity index (χ3n) is 2.16. The fraction of sp³-hybridized carbons (Fsp3) is 0.0909. The molecule has 0 aliphatic rings. The minimum Gasteiger partial charge on any atom is -0.279 e. The van der Waals surface area contributed by atoms with E-state index >= 15 is 0 Å². The van der Waals surface area contributed by atoms with Crippen molar-refractivity contribution >= 4 is 27.3 Å². The number of anilines is 1. The highest BCUT2D eigenvalue weighted by atomic mass is 35.5. The van der Waals surface area contributed by atoms with Crippen LogP contribution in [0.4, 0.5) is 5.69 Å². The summed E-state index contributed by atoms with van der Waals surface area (Å²) >= 11 is 5.76. The first-order chi connectivity index (χ1) is 8.49. The van der Waals surface area contributed by atoms with Crippen LogP contribution in [0.3, 0.4) is 0 Å². The van der Waals surface area contributed by atoms with Crippen molar-refractivity contribution in [3.8, 4) is 0 Å². The van der Waals surface area contributed by atoms with E-state index in [9.17, 15) is 8.42 Å². The lowest BCUT2D eigenvalue weighted by Gasteiger charge is -2.08. The molecule has 94 valence electrons. The number of sulfonamides is 1. The molecule has 2 rings (SSSR count). The van der Waals surface area contributed by atoms with Gasteiger partial charge in [-0.2, -0.15) is 0 Å². The normalized spacial score (nSPS) is 11.2. The highest BCUT2D eigenvalue weighted by Crippen LogP contribution is 2.21.